The molecule has 0 amide bonds. The van der Waals surface area contributed by atoms with Crippen LogP contribution in [0.15, 0.2) is 59.5 Å². The zero-order chi connectivity index (χ0) is 22.6. The lowest BCUT2D eigenvalue weighted by Gasteiger charge is -2.07. The molecule has 2 N–H and O–H groups in total. The number of nitrogens with zero attached hydrogens (tertiary/aromatic N) is 5. The summed E-state index contributed by atoms with van der Waals surface area (Å²) in [6, 6.07) is 13.8. The molecule has 160 valence electrons. The smallest absolute Gasteiger partial charge is 0.475 e. The minimum atomic E-state index is -5.08. The van der Waals surface area contributed by atoms with Crippen molar-refractivity contribution in [3.05, 3.63) is 65.3 Å². The number of para-hydroxylation sites is 1. The van der Waals surface area contributed by atoms with Crippen LogP contribution in [0.25, 0.3) is 16.6 Å². The average molecular weight is 495 g/mol. The van der Waals surface area contributed by atoms with E-state index in [0.29, 0.717) is 5.95 Å². The quantitative estimate of drug-likeness (QED) is 0.426. The summed E-state index contributed by atoms with van der Waals surface area (Å²) in [5.41, 5.74) is 2.73. The van der Waals surface area contributed by atoms with Gasteiger partial charge in [-0.3, -0.25) is 0 Å². The molecule has 31 heavy (non-hydrogen) atoms. The minimum absolute atomic E-state index is 0.554. The van der Waals surface area contributed by atoms with Crippen LogP contribution in [0.1, 0.15) is 5.82 Å². The van der Waals surface area contributed by atoms with E-state index in [1.807, 2.05) is 55.6 Å². The third kappa shape index (κ3) is 5.75. The number of aliphatic carboxylic acids is 1. The number of fused-ring (bicyclic) bond motifs is 1. The molecule has 0 radical (unpaired) electrons. The zero-order valence-electron chi connectivity index (χ0n) is 15.8. The molecule has 0 atom stereocenters. The third-order valence-electron chi connectivity index (χ3n) is 3.80. The molecule has 12 heteroatoms. The molecule has 2 heterocycles. The van der Waals surface area contributed by atoms with Gasteiger partial charge in [0.1, 0.15) is 12.2 Å². The van der Waals surface area contributed by atoms with Crippen molar-refractivity contribution >= 4 is 44.4 Å². The molecule has 4 aromatic rings. The van der Waals surface area contributed by atoms with Gasteiger partial charge < -0.3 is 10.4 Å². The van der Waals surface area contributed by atoms with E-state index in [9.17, 15) is 13.2 Å². The number of benzene rings is 2. The number of carboxylic acids is 1. The molecule has 8 nitrogen and oxygen atoms in total. The molecular formula is C19H14BrF3N6O2. The van der Waals surface area contributed by atoms with Gasteiger partial charge in [-0.2, -0.15) is 18.3 Å². The van der Waals surface area contributed by atoms with E-state index in [-0.39, 0.29) is 0 Å². The van der Waals surface area contributed by atoms with Crippen molar-refractivity contribution in [2.24, 2.45) is 0 Å². The van der Waals surface area contributed by atoms with E-state index >= 15 is 0 Å². The molecule has 2 aromatic carbocycles. The summed E-state index contributed by atoms with van der Waals surface area (Å²) in [7, 11) is 0. The number of hydrogen-bond donors (Lipinski definition) is 2. The second kappa shape index (κ2) is 9.08. The number of alkyl halides is 3. The summed E-state index contributed by atoms with van der Waals surface area (Å²) in [5, 5.41) is 15.6. The maximum Gasteiger partial charge on any atom is 0.490 e. The average Bonchev–Trinajstić information content (AvgIpc) is 3.15. The Kier molecular flexibility index (Phi) is 6.49. The predicted octanol–water partition coefficient (Wildman–Crippen LogP) is 4.66. The first-order valence-corrected chi connectivity index (χ1v) is 9.40. The Balaban J connectivity index is 0.000000339. The zero-order valence-corrected chi connectivity index (χ0v) is 17.4. The lowest BCUT2D eigenvalue weighted by molar-refractivity contribution is -0.192. The van der Waals surface area contributed by atoms with Gasteiger partial charge in [0.05, 0.1) is 11.2 Å². The maximum atomic E-state index is 10.6. The van der Waals surface area contributed by atoms with Crippen LogP contribution in [0, 0.1) is 6.92 Å². The first-order chi connectivity index (χ1) is 14.6. The van der Waals surface area contributed by atoms with Crippen molar-refractivity contribution in [2.75, 3.05) is 5.32 Å². The van der Waals surface area contributed by atoms with Crippen LogP contribution < -0.4 is 5.32 Å². The van der Waals surface area contributed by atoms with Gasteiger partial charge in [-0.1, -0.05) is 12.1 Å². The number of halogens is 4. The SMILES string of the molecule is Cc1ncn(-c2ccc(Nc3ncc4cccc(Br)c4n3)cc2)n1.O=C(O)C(F)(F)F. The fourth-order valence-electron chi connectivity index (χ4n) is 2.38. The number of rotatable bonds is 3. The van der Waals surface area contributed by atoms with Crippen LogP contribution in [0.5, 0.6) is 0 Å². The minimum Gasteiger partial charge on any atom is -0.475 e. The van der Waals surface area contributed by atoms with E-state index in [1.54, 1.807) is 11.0 Å². The van der Waals surface area contributed by atoms with Gasteiger partial charge in [0.15, 0.2) is 0 Å². The number of anilines is 2. The lowest BCUT2D eigenvalue weighted by atomic mass is 10.2. The van der Waals surface area contributed by atoms with Crippen LogP contribution in [0.2, 0.25) is 0 Å². The van der Waals surface area contributed by atoms with E-state index in [1.165, 1.54) is 0 Å². The van der Waals surface area contributed by atoms with Crippen LogP contribution in [0.3, 0.4) is 0 Å². The normalized spacial score (nSPS) is 11.0. The second-order valence-electron chi connectivity index (χ2n) is 6.08. The van der Waals surface area contributed by atoms with Gasteiger partial charge >= 0.3 is 12.1 Å². The van der Waals surface area contributed by atoms with E-state index in [0.717, 1.165) is 32.6 Å². The monoisotopic (exact) mass is 494 g/mol. The highest BCUT2D eigenvalue weighted by Gasteiger charge is 2.38. The van der Waals surface area contributed by atoms with E-state index in [2.05, 4.69) is 41.3 Å². The molecule has 2 aromatic heterocycles. The molecule has 0 saturated carbocycles. The summed E-state index contributed by atoms with van der Waals surface area (Å²) in [5.74, 6) is -1.46. The topological polar surface area (TPSA) is 106 Å². The van der Waals surface area contributed by atoms with Crippen molar-refractivity contribution in [2.45, 2.75) is 13.1 Å². The summed E-state index contributed by atoms with van der Waals surface area (Å²) in [4.78, 5) is 21.9. The van der Waals surface area contributed by atoms with Crippen molar-refractivity contribution in [1.29, 1.82) is 0 Å². The van der Waals surface area contributed by atoms with Gasteiger partial charge in [0, 0.05) is 21.7 Å². The Hall–Kier alpha value is -3.54. The first-order valence-electron chi connectivity index (χ1n) is 8.60. The predicted molar refractivity (Wildman–Crippen MR) is 110 cm³/mol. The Morgan fingerprint density at radius 2 is 1.81 bits per heavy atom. The molecule has 4 rings (SSSR count). The van der Waals surface area contributed by atoms with Crippen LogP contribution in [0.4, 0.5) is 24.8 Å². The Labute approximate surface area is 181 Å². The molecule has 0 aliphatic carbocycles. The fraction of sp³-hybridized carbons (Fsp3) is 0.105. The van der Waals surface area contributed by atoms with Crippen LogP contribution >= 0.6 is 15.9 Å². The fourth-order valence-corrected chi connectivity index (χ4v) is 2.85. The largest absolute Gasteiger partial charge is 0.490 e. The number of hydrogen-bond acceptors (Lipinski definition) is 6. The maximum absolute atomic E-state index is 10.6. The van der Waals surface area contributed by atoms with Crippen LogP contribution in [-0.2, 0) is 4.79 Å². The molecular weight excluding hydrogens is 481 g/mol. The Morgan fingerprint density at radius 1 is 1.13 bits per heavy atom. The molecule has 0 unspecified atom stereocenters. The Morgan fingerprint density at radius 3 is 2.39 bits per heavy atom. The van der Waals surface area contributed by atoms with Gasteiger partial charge in [-0.15, -0.1) is 0 Å². The second-order valence-corrected chi connectivity index (χ2v) is 6.94. The number of carboxylic acid groups (broad SMARTS) is 1. The van der Waals surface area contributed by atoms with E-state index in [4.69, 9.17) is 9.90 Å². The van der Waals surface area contributed by atoms with Gasteiger partial charge in [0.2, 0.25) is 5.95 Å². The van der Waals surface area contributed by atoms with Crippen LogP contribution in [-0.4, -0.2) is 42.0 Å². The Bertz CT molecular complexity index is 1210. The molecule has 0 fully saturated rings. The van der Waals surface area contributed by atoms with Crippen molar-refractivity contribution in [1.82, 2.24) is 24.7 Å². The van der Waals surface area contributed by atoms with Crippen molar-refractivity contribution < 1.29 is 23.1 Å². The summed E-state index contributed by atoms with van der Waals surface area (Å²) < 4.78 is 34.4. The first kappa shape index (κ1) is 22.2. The molecule has 0 aliphatic rings. The molecule has 0 saturated heterocycles. The standard InChI is InChI=1S/C17H13BrN6.C2HF3O2/c1-11-20-10-24(23-11)14-7-5-13(6-8-14)21-17-19-9-12-3-2-4-15(18)16(12)22-17;3-2(4,5)1(6)7/h2-10H,1H3,(H,19,21,22);(H,6,7). The molecule has 0 spiro atoms. The van der Waals surface area contributed by atoms with Crippen molar-refractivity contribution in [3.8, 4) is 5.69 Å². The number of carbonyl (C=O) groups is 1. The van der Waals surface area contributed by atoms with Gasteiger partial charge in [-0.25, -0.2) is 24.4 Å². The number of aryl methyl sites for hydroxylation is 1. The highest BCUT2D eigenvalue weighted by molar-refractivity contribution is 9.10. The van der Waals surface area contributed by atoms with E-state index < -0.39 is 12.1 Å². The summed E-state index contributed by atoms with van der Waals surface area (Å²) in [6.07, 6.45) is -1.58. The van der Waals surface area contributed by atoms with Crippen molar-refractivity contribution in [3.63, 3.8) is 0 Å². The molecule has 0 aliphatic heterocycles. The summed E-state index contributed by atoms with van der Waals surface area (Å²) >= 11 is 3.52. The number of nitrogens with one attached hydrogen (secondary N) is 1. The molecule has 0 bridgehead atoms. The highest BCUT2D eigenvalue weighted by Crippen LogP contribution is 2.23. The van der Waals surface area contributed by atoms with Gasteiger partial charge in [0.25, 0.3) is 0 Å². The lowest BCUT2D eigenvalue weighted by Crippen LogP contribution is -2.21. The third-order valence-corrected chi connectivity index (χ3v) is 4.44. The van der Waals surface area contributed by atoms with Gasteiger partial charge in [-0.05, 0) is 53.2 Å². The number of aromatic nitrogens is 5. The summed E-state index contributed by atoms with van der Waals surface area (Å²) in [6.45, 7) is 1.86. The highest BCUT2D eigenvalue weighted by atomic mass is 79.9.